The van der Waals surface area contributed by atoms with Crippen LogP contribution in [0.25, 0.3) is 0 Å². The Labute approximate surface area is 80.2 Å². The molecule has 0 aromatic heterocycles. The molecule has 62 valence electrons. The van der Waals surface area contributed by atoms with Gasteiger partial charge in [-0.15, -0.1) is 0 Å². The fourth-order valence-electron chi connectivity index (χ4n) is 0.864. The molecule has 0 N–H and O–H groups in total. The summed E-state index contributed by atoms with van der Waals surface area (Å²) in [6, 6.07) is 5.50. The Morgan fingerprint density at radius 2 is 2.25 bits per heavy atom. The number of ketones is 1. The molecule has 1 aromatic carbocycles. The van der Waals surface area contributed by atoms with Gasteiger partial charge in [0.2, 0.25) is 0 Å². The minimum Gasteiger partial charge on any atom is -0.289 e. The van der Waals surface area contributed by atoms with Gasteiger partial charge < -0.3 is 0 Å². The molecule has 1 rings (SSSR count). The molecule has 1 aromatic rings. The van der Waals surface area contributed by atoms with Crippen LogP contribution in [0.4, 0.5) is 0 Å². The van der Waals surface area contributed by atoms with Gasteiger partial charge in [0.25, 0.3) is 0 Å². The van der Waals surface area contributed by atoms with Crippen LogP contribution < -0.4 is 0 Å². The molecular formula is C10H9BrO. The van der Waals surface area contributed by atoms with E-state index in [1.165, 1.54) is 6.08 Å². The number of allylic oxidation sites excluding steroid dienone is 1. The van der Waals surface area contributed by atoms with Crippen LogP contribution in [0.5, 0.6) is 0 Å². The molecular weight excluding hydrogens is 216 g/mol. The van der Waals surface area contributed by atoms with Crippen molar-refractivity contribution >= 4 is 21.7 Å². The lowest BCUT2D eigenvalue weighted by atomic mass is 10.1. The highest BCUT2D eigenvalue weighted by molar-refractivity contribution is 9.10. The molecule has 0 radical (unpaired) electrons. The Morgan fingerprint density at radius 3 is 2.75 bits per heavy atom. The molecule has 0 saturated carbocycles. The van der Waals surface area contributed by atoms with E-state index in [0.717, 1.165) is 10.0 Å². The molecule has 0 saturated heterocycles. The van der Waals surface area contributed by atoms with Crippen LogP contribution in [0.3, 0.4) is 0 Å². The summed E-state index contributed by atoms with van der Waals surface area (Å²) < 4.78 is 0.954. The van der Waals surface area contributed by atoms with Gasteiger partial charge in [-0.1, -0.05) is 34.6 Å². The second kappa shape index (κ2) is 3.68. The van der Waals surface area contributed by atoms with Crippen LogP contribution in [-0.2, 0) is 0 Å². The maximum atomic E-state index is 11.1. The first-order valence-corrected chi connectivity index (χ1v) is 4.37. The van der Waals surface area contributed by atoms with Crippen molar-refractivity contribution < 1.29 is 4.79 Å². The Balaban J connectivity index is 3.13. The molecule has 0 bridgehead atoms. The van der Waals surface area contributed by atoms with Gasteiger partial charge in [0, 0.05) is 10.0 Å². The van der Waals surface area contributed by atoms with Gasteiger partial charge in [-0.25, -0.2) is 0 Å². The second-order valence-corrected chi connectivity index (χ2v) is 3.39. The molecule has 12 heavy (non-hydrogen) atoms. The number of aryl methyl sites for hydroxylation is 1. The minimum absolute atomic E-state index is 0.0456. The highest BCUT2D eigenvalue weighted by atomic mass is 79.9. The highest BCUT2D eigenvalue weighted by Crippen LogP contribution is 2.17. The lowest BCUT2D eigenvalue weighted by molar-refractivity contribution is 0.104. The smallest absolute Gasteiger partial charge is 0.185 e. The number of carbonyl (C=O) groups is 1. The van der Waals surface area contributed by atoms with E-state index in [1.54, 1.807) is 12.1 Å². The number of halogens is 1. The van der Waals surface area contributed by atoms with Crippen molar-refractivity contribution in [1.29, 1.82) is 0 Å². The standard InChI is InChI=1S/C10H9BrO/c1-3-10(12)8-5-4-7(2)9(11)6-8/h3-6H,1H2,2H3. The third-order valence-electron chi connectivity index (χ3n) is 1.64. The largest absolute Gasteiger partial charge is 0.289 e. The van der Waals surface area contributed by atoms with E-state index in [0.29, 0.717) is 5.56 Å². The first kappa shape index (κ1) is 9.20. The van der Waals surface area contributed by atoms with Gasteiger partial charge >= 0.3 is 0 Å². The number of hydrogen-bond donors (Lipinski definition) is 0. The number of carbonyl (C=O) groups excluding carboxylic acids is 1. The van der Waals surface area contributed by atoms with Gasteiger partial charge in [-0.2, -0.15) is 0 Å². The molecule has 0 unspecified atom stereocenters. The summed E-state index contributed by atoms with van der Waals surface area (Å²) in [6.07, 6.45) is 1.32. The summed E-state index contributed by atoms with van der Waals surface area (Å²) in [5.74, 6) is -0.0456. The molecule has 0 aliphatic rings. The third kappa shape index (κ3) is 1.83. The Bertz CT molecular complexity index is 329. The molecule has 0 amide bonds. The molecule has 0 fully saturated rings. The van der Waals surface area contributed by atoms with Gasteiger partial charge in [-0.05, 0) is 24.6 Å². The second-order valence-electron chi connectivity index (χ2n) is 2.53. The molecule has 1 nitrogen and oxygen atoms in total. The monoisotopic (exact) mass is 224 g/mol. The maximum absolute atomic E-state index is 11.1. The van der Waals surface area contributed by atoms with Crippen molar-refractivity contribution in [2.45, 2.75) is 6.92 Å². The Hall–Kier alpha value is -0.890. The fourth-order valence-corrected chi connectivity index (χ4v) is 1.24. The van der Waals surface area contributed by atoms with Crippen molar-refractivity contribution in [3.05, 3.63) is 46.5 Å². The zero-order valence-corrected chi connectivity index (χ0v) is 8.39. The van der Waals surface area contributed by atoms with E-state index < -0.39 is 0 Å². The summed E-state index contributed by atoms with van der Waals surface area (Å²) in [6.45, 7) is 5.40. The first-order valence-electron chi connectivity index (χ1n) is 3.58. The average molecular weight is 225 g/mol. The summed E-state index contributed by atoms with van der Waals surface area (Å²) in [5.41, 5.74) is 1.79. The van der Waals surface area contributed by atoms with Crippen LogP contribution in [0.2, 0.25) is 0 Å². The fraction of sp³-hybridized carbons (Fsp3) is 0.100. The van der Waals surface area contributed by atoms with Crippen LogP contribution in [0, 0.1) is 6.92 Å². The number of hydrogen-bond acceptors (Lipinski definition) is 1. The van der Waals surface area contributed by atoms with Crippen LogP contribution in [0.1, 0.15) is 15.9 Å². The van der Waals surface area contributed by atoms with E-state index in [-0.39, 0.29) is 5.78 Å². The van der Waals surface area contributed by atoms with Crippen molar-refractivity contribution in [3.8, 4) is 0 Å². The number of benzene rings is 1. The third-order valence-corrected chi connectivity index (χ3v) is 2.50. The van der Waals surface area contributed by atoms with Crippen LogP contribution in [-0.4, -0.2) is 5.78 Å². The van der Waals surface area contributed by atoms with Crippen molar-refractivity contribution in [1.82, 2.24) is 0 Å². The first-order chi connectivity index (χ1) is 5.65. The predicted octanol–water partition coefficient (Wildman–Crippen LogP) is 3.13. The summed E-state index contributed by atoms with van der Waals surface area (Å²) >= 11 is 3.36. The SMILES string of the molecule is C=CC(=O)c1ccc(C)c(Br)c1. The molecule has 0 heterocycles. The Kier molecular flexibility index (Phi) is 2.82. The number of rotatable bonds is 2. The Morgan fingerprint density at radius 1 is 1.58 bits per heavy atom. The minimum atomic E-state index is -0.0456. The van der Waals surface area contributed by atoms with Gasteiger partial charge in [0.15, 0.2) is 5.78 Å². The van der Waals surface area contributed by atoms with Gasteiger partial charge in [0.05, 0.1) is 0 Å². The van der Waals surface area contributed by atoms with Crippen molar-refractivity contribution in [2.75, 3.05) is 0 Å². The molecule has 2 heteroatoms. The summed E-state index contributed by atoms with van der Waals surface area (Å²) in [7, 11) is 0. The van der Waals surface area contributed by atoms with Crippen molar-refractivity contribution in [3.63, 3.8) is 0 Å². The van der Waals surface area contributed by atoms with E-state index in [4.69, 9.17) is 0 Å². The predicted molar refractivity (Wildman–Crippen MR) is 53.4 cm³/mol. The molecule has 0 aliphatic carbocycles. The van der Waals surface area contributed by atoms with Gasteiger partial charge in [0.1, 0.15) is 0 Å². The van der Waals surface area contributed by atoms with Crippen LogP contribution in [0.15, 0.2) is 35.3 Å². The maximum Gasteiger partial charge on any atom is 0.185 e. The molecule has 0 atom stereocenters. The lowest BCUT2D eigenvalue weighted by Crippen LogP contribution is -1.93. The topological polar surface area (TPSA) is 17.1 Å². The lowest BCUT2D eigenvalue weighted by Gasteiger charge is -1.99. The summed E-state index contributed by atoms with van der Waals surface area (Å²) in [5, 5.41) is 0. The van der Waals surface area contributed by atoms with E-state index in [9.17, 15) is 4.79 Å². The average Bonchev–Trinajstić information content (AvgIpc) is 2.08. The quantitative estimate of drug-likeness (QED) is 0.558. The zero-order valence-electron chi connectivity index (χ0n) is 6.80. The van der Waals surface area contributed by atoms with Crippen LogP contribution >= 0.6 is 15.9 Å². The normalized spacial score (nSPS) is 9.50. The highest BCUT2D eigenvalue weighted by Gasteiger charge is 2.02. The molecule has 0 spiro atoms. The van der Waals surface area contributed by atoms with E-state index >= 15 is 0 Å². The summed E-state index contributed by atoms with van der Waals surface area (Å²) in [4.78, 5) is 11.1. The van der Waals surface area contributed by atoms with Crippen molar-refractivity contribution in [2.24, 2.45) is 0 Å². The van der Waals surface area contributed by atoms with E-state index in [1.807, 2.05) is 13.0 Å². The zero-order chi connectivity index (χ0) is 9.14. The molecule has 0 aliphatic heterocycles. The van der Waals surface area contributed by atoms with E-state index in [2.05, 4.69) is 22.5 Å². The van der Waals surface area contributed by atoms with Gasteiger partial charge in [-0.3, -0.25) is 4.79 Å².